The van der Waals surface area contributed by atoms with Gasteiger partial charge in [0, 0.05) is 12.3 Å². The van der Waals surface area contributed by atoms with Crippen LogP contribution in [0.4, 0.5) is 0 Å². The molecule has 16 heavy (non-hydrogen) atoms. The molecule has 2 atom stereocenters. The first kappa shape index (κ1) is 12.4. The van der Waals surface area contributed by atoms with E-state index in [0.717, 1.165) is 25.0 Å². The van der Waals surface area contributed by atoms with Crippen LogP contribution in [0.15, 0.2) is 4.99 Å². The molecule has 0 aromatic carbocycles. The summed E-state index contributed by atoms with van der Waals surface area (Å²) in [6.45, 7) is 11.2. The van der Waals surface area contributed by atoms with E-state index in [1.807, 2.05) is 0 Å². The molecule has 0 radical (unpaired) electrons. The van der Waals surface area contributed by atoms with Crippen molar-refractivity contribution in [2.24, 2.45) is 16.8 Å². The third-order valence-electron chi connectivity index (χ3n) is 3.22. The Hall–Kier alpha value is -0.0200. The normalized spacial score (nSPS) is 35.9. The first-order valence-electron chi connectivity index (χ1n) is 6.48. The van der Waals surface area contributed by atoms with E-state index in [-0.39, 0.29) is 15.8 Å². The van der Waals surface area contributed by atoms with Crippen molar-refractivity contribution in [3.05, 3.63) is 0 Å². The van der Waals surface area contributed by atoms with Gasteiger partial charge in [-0.3, -0.25) is 4.99 Å². The van der Waals surface area contributed by atoms with E-state index >= 15 is 0 Å². The molecule has 0 aromatic heterocycles. The summed E-state index contributed by atoms with van der Waals surface area (Å²) in [5.74, 6) is 2.76. The van der Waals surface area contributed by atoms with Crippen LogP contribution in [0.5, 0.6) is 0 Å². The van der Waals surface area contributed by atoms with Crippen molar-refractivity contribution in [1.82, 2.24) is 0 Å². The zero-order valence-corrected chi connectivity index (χ0v) is 11.9. The van der Waals surface area contributed by atoms with Crippen LogP contribution >= 0.6 is 10.9 Å². The average Bonchev–Trinajstić information content (AvgIpc) is 2.75. The smallest absolute Gasteiger partial charge is 0.124 e. The maximum Gasteiger partial charge on any atom is 0.124 e. The zero-order valence-electron chi connectivity index (χ0n) is 11.0. The van der Waals surface area contributed by atoms with Crippen LogP contribution < -0.4 is 0 Å². The van der Waals surface area contributed by atoms with Crippen LogP contribution in [0.25, 0.3) is 0 Å². The van der Waals surface area contributed by atoms with E-state index in [1.165, 1.54) is 23.6 Å². The van der Waals surface area contributed by atoms with E-state index in [9.17, 15) is 0 Å². The van der Waals surface area contributed by atoms with Crippen LogP contribution in [0.2, 0.25) is 0 Å². The molecule has 0 aliphatic carbocycles. The Balaban J connectivity index is 2.01. The Morgan fingerprint density at radius 1 is 1.31 bits per heavy atom. The first-order chi connectivity index (χ1) is 7.53. The SMILES string of the molecule is CC(C)CC1=NCC[SH]1C1(CC(C)C)CO1. The number of thiol groups is 1. The van der Waals surface area contributed by atoms with Crippen LogP contribution in [0.1, 0.15) is 40.5 Å². The van der Waals surface area contributed by atoms with Crippen molar-refractivity contribution in [3.63, 3.8) is 0 Å². The first-order valence-corrected chi connectivity index (χ1v) is 8.01. The minimum Gasteiger partial charge on any atom is -0.359 e. The lowest BCUT2D eigenvalue weighted by Gasteiger charge is -2.27. The molecule has 0 saturated carbocycles. The molecule has 0 N–H and O–H groups in total. The van der Waals surface area contributed by atoms with Gasteiger partial charge in [0.05, 0.1) is 11.7 Å². The summed E-state index contributed by atoms with van der Waals surface area (Å²) in [5.41, 5.74) is 0. The van der Waals surface area contributed by atoms with Gasteiger partial charge in [0.25, 0.3) is 0 Å². The quantitative estimate of drug-likeness (QED) is 0.582. The van der Waals surface area contributed by atoms with E-state index in [0.29, 0.717) is 0 Å². The highest BCUT2D eigenvalue weighted by molar-refractivity contribution is 8.31. The molecule has 0 bridgehead atoms. The van der Waals surface area contributed by atoms with Crippen molar-refractivity contribution in [3.8, 4) is 0 Å². The summed E-state index contributed by atoms with van der Waals surface area (Å²) in [5, 5.41) is 1.50. The van der Waals surface area contributed by atoms with Gasteiger partial charge in [-0.1, -0.05) is 27.7 Å². The van der Waals surface area contributed by atoms with Gasteiger partial charge in [-0.2, -0.15) is 10.9 Å². The maximum atomic E-state index is 5.85. The molecule has 94 valence electrons. The minimum absolute atomic E-state index is 0.0779. The fourth-order valence-corrected chi connectivity index (χ4v) is 5.83. The second-order valence-electron chi connectivity index (χ2n) is 5.88. The number of epoxide rings is 1. The topological polar surface area (TPSA) is 24.9 Å². The molecule has 0 amide bonds. The maximum absolute atomic E-state index is 5.85. The minimum atomic E-state index is -0.0779. The molecular weight excluding hydrogens is 218 g/mol. The number of ether oxygens (including phenoxy) is 1. The Morgan fingerprint density at radius 2 is 2.00 bits per heavy atom. The van der Waals surface area contributed by atoms with E-state index < -0.39 is 0 Å². The average molecular weight is 243 g/mol. The highest BCUT2D eigenvalue weighted by atomic mass is 32.2. The van der Waals surface area contributed by atoms with Gasteiger partial charge < -0.3 is 4.74 Å². The summed E-state index contributed by atoms with van der Waals surface area (Å²) in [7, 11) is -0.0779. The zero-order chi connectivity index (χ0) is 11.8. The highest BCUT2D eigenvalue weighted by Crippen LogP contribution is 2.57. The predicted molar refractivity (Wildman–Crippen MR) is 73.7 cm³/mol. The molecule has 2 nitrogen and oxygen atoms in total. The van der Waals surface area contributed by atoms with Crippen molar-refractivity contribution in [2.45, 2.75) is 45.5 Å². The number of nitrogens with zero attached hydrogens (tertiary/aromatic N) is 1. The number of hydrogen-bond acceptors (Lipinski definition) is 2. The van der Waals surface area contributed by atoms with Gasteiger partial charge in [0.15, 0.2) is 0 Å². The number of hydrogen-bond donors (Lipinski definition) is 1. The molecule has 0 aromatic rings. The number of aliphatic imine (C=N–C) groups is 1. The molecule has 3 heteroatoms. The number of rotatable bonds is 5. The van der Waals surface area contributed by atoms with Crippen molar-refractivity contribution >= 4 is 15.9 Å². The summed E-state index contributed by atoms with van der Waals surface area (Å²) < 4.78 is 5.85. The lowest BCUT2D eigenvalue weighted by atomic mass is 10.1. The molecular formula is C13H25NOS. The van der Waals surface area contributed by atoms with Crippen molar-refractivity contribution in [1.29, 1.82) is 0 Å². The second kappa shape index (κ2) is 4.69. The van der Waals surface area contributed by atoms with E-state index in [4.69, 9.17) is 9.73 Å². The largest absolute Gasteiger partial charge is 0.359 e. The van der Waals surface area contributed by atoms with Crippen LogP contribution in [0, 0.1) is 11.8 Å². The molecule has 2 heterocycles. The Bertz CT molecular complexity index is 282. The fraction of sp³-hybridized carbons (Fsp3) is 0.923. The molecule has 2 aliphatic heterocycles. The van der Waals surface area contributed by atoms with E-state index in [1.54, 1.807) is 0 Å². The molecule has 2 rings (SSSR count). The molecule has 2 unspecified atom stereocenters. The van der Waals surface area contributed by atoms with Gasteiger partial charge in [-0.15, -0.1) is 0 Å². The molecule has 1 saturated heterocycles. The van der Waals surface area contributed by atoms with Gasteiger partial charge >= 0.3 is 0 Å². The summed E-state index contributed by atoms with van der Waals surface area (Å²) in [6.07, 6.45) is 2.42. The Kier molecular flexibility index (Phi) is 3.65. The molecule has 1 fully saturated rings. The fourth-order valence-electron chi connectivity index (χ4n) is 2.58. The van der Waals surface area contributed by atoms with Crippen LogP contribution in [-0.2, 0) is 4.74 Å². The lowest BCUT2D eigenvalue weighted by molar-refractivity contribution is 0.344. The Morgan fingerprint density at radius 3 is 2.50 bits per heavy atom. The van der Waals surface area contributed by atoms with Crippen molar-refractivity contribution in [2.75, 3.05) is 18.9 Å². The second-order valence-corrected chi connectivity index (χ2v) is 8.51. The van der Waals surface area contributed by atoms with Crippen LogP contribution in [0.3, 0.4) is 0 Å². The highest BCUT2D eigenvalue weighted by Gasteiger charge is 2.51. The summed E-state index contributed by atoms with van der Waals surface area (Å²) >= 11 is 0. The van der Waals surface area contributed by atoms with E-state index in [2.05, 4.69) is 27.7 Å². The van der Waals surface area contributed by atoms with Crippen molar-refractivity contribution < 1.29 is 4.74 Å². The predicted octanol–water partition coefficient (Wildman–Crippen LogP) is 3.22. The summed E-state index contributed by atoms with van der Waals surface area (Å²) in [4.78, 5) is 4.98. The monoisotopic (exact) mass is 243 g/mol. The Labute approximate surface area is 102 Å². The van der Waals surface area contributed by atoms with Gasteiger partial charge in [0.1, 0.15) is 4.93 Å². The molecule has 0 spiro atoms. The van der Waals surface area contributed by atoms with Crippen LogP contribution in [-0.4, -0.2) is 28.9 Å². The summed E-state index contributed by atoms with van der Waals surface area (Å²) in [6, 6.07) is 0. The standard InChI is InChI=1S/C13H25NOS/c1-10(2)7-12-14-5-6-16(12)13(9-15-13)8-11(3)4/h10-11,16H,5-9H2,1-4H3. The molecule has 2 aliphatic rings. The third kappa shape index (κ3) is 2.62. The van der Waals surface area contributed by atoms with Gasteiger partial charge in [-0.25, -0.2) is 0 Å². The lowest BCUT2D eigenvalue weighted by Crippen LogP contribution is -2.20. The van der Waals surface area contributed by atoms with Gasteiger partial charge in [-0.05, 0) is 24.7 Å². The third-order valence-corrected chi connectivity index (χ3v) is 6.24. The van der Waals surface area contributed by atoms with Gasteiger partial charge in [0.2, 0.25) is 0 Å².